The van der Waals surface area contributed by atoms with Crippen molar-refractivity contribution >= 4 is 0 Å². The summed E-state index contributed by atoms with van der Waals surface area (Å²) in [6.07, 6.45) is 4.69. The van der Waals surface area contributed by atoms with Crippen LogP contribution in [0, 0.1) is 5.92 Å². The van der Waals surface area contributed by atoms with Gasteiger partial charge in [-0.15, -0.1) is 0 Å². The van der Waals surface area contributed by atoms with Gasteiger partial charge >= 0.3 is 0 Å². The molecule has 84 valence electrons. The third kappa shape index (κ3) is 4.48. The first-order valence-corrected chi connectivity index (χ1v) is 6.03. The van der Waals surface area contributed by atoms with Crippen LogP contribution in [0.5, 0.6) is 0 Å². The Kier molecular flexibility index (Phi) is 5.41. The number of hydrogen-bond donors (Lipinski definition) is 1. The predicted molar refractivity (Wildman–Crippen MR) is 66.8 cm³/mol. The second-order valence-electron chi connectivity index (χ2n) is 4.45. The van der Waals surface area contributed by atoms with E-state index in [4.69, 9.17) is 5.73 Å². The Morgan fingerprint density at radius 3 is 2.40 bits per heavy atom. The molecule has 1 nitrogen and oxygen atoms in total. The predicted octanol–water partition coefficient (Wildman–Crippen LogP) is 3.38. The van der Waals surface area contributed by atoms with Gasteiger partial charge in [-0.1, -0.05) is 50.6 Å². The Morgan fingerprint density at radius 2 is 1.80 bits per heavy atom. The van der Waals surface area contributed by atoms with Crippen molar-refractivity contribution in [3.63, 3.8) is 0 Å². The number of nitrogens with two attached hydrogens (primary N) is 1. The average molecular weight is 205 g/mol. The van der Waals surface area contributed by atoms with E-state index in [0.29, 0.717) is 12.0 Å². The van der Waals surface area contributed by atoms with Gasteiger partial charge in [-0.2, -0.15) is 0 Å². The Balaban J connectivity index is 2.31. The molecule has 0 aliphatic rings. The Hall–Kier alpha value is -0.820. The first kappa shape index (κ1) is 12.3. The fourth-order valence-corrected chi connectivity index (χ4v) is 1.87. The van der Waals surface area contributed by atoms with Crippen molar-refractivity contribution in [3.05, 3.63) is 35.9 Å². The molecule has 0 heterocycles. The molecule has 1 aromatic carbocycles. The molecule has 1 aromatic rings. The minimum Gasteiger partial charge on any atom is -0.327 e. The van der Waals surface area contributed by atoms with Gasteiger partial charge in [-0.3, -0.25) is 0 Å². The number of aryl methyl sites for hydroxylation is 1. The molecule has 0 saturated heterocycles. The highest BCUT2D eigenvalue weighted by Crippen LogP contribution is 2.14. The van der Waals surface area contributed by atoms with E-state index in [2.05, 4.69) is 44.2 Å². The average Bonchev–Trinajstić information content (AvgIpc) is 2.27. The van der Waals surface area contributed by atoms with E-state index < -0.39 is 0 Å². The van der Waals surface area contributed by atoms with Crippen LogP contribution < -0.4 is 5.73 Å². The van der Waals surface area contributed by atoms with Gasteiger partial charge in [0, 0.05) is 6.04 Å². The first-order chi connectivity index (χ1) is 7.24. The first-order valence-electron chi connectivity index (χ1n) is 6.03. The van der Waals surface area contributed by atoms with Gasteiger partial charge < -0.3 is 5.73 Å². The molecule has 0 amide bonds. The van der Waals surface area contributed by atoms with E-state index in [-0.39, 0.29) is 0 Å². The minimum atomic E-state index is 0.374. The summed E-state index contributed by atoms with van der Waals surface area (Å²) >= 11 is 0. The number of hydrogen-bond acceptors (Lipinski definition) is 1. The summed E-state index contributed by atoms with van der Waals surface area (Å²) in [6, 6.07) is 11.0. The summed E-state index contributed by atoms with van der Waals surface area (Å²) in [6.45, 7) is 4.47. The van der Waals surface area contributed by atoms with Crippen LogP contribution in [0.3, 0.4) is 0 Å². The van der Waals surface area contributed by atoms with Crippen LogP contribution in [-0.4, -0.2) is 6.04 Å². The molecule has 0 radical (unpaired) electrons. The van der Waals surface area contributed by atoms with Crippen molar-refractivity contribution in [3.8, 4) is 0 Å². The molecule has 0 fully saturated rings. The highest BCUT2D eigenvalue weighted by molar-refractivity contribution is 5.14. The van der Waals surface area contributed by atoms with Crippen LogP contribution >= 0.6 is 0 Å². The highest BCUT2D eigenvalue weighted by Gasteiger charge is 2.11. The van der Waals surface area contributed by atoms with E-state index in [0.717, 1.165) is 12.8 Å². The normalized spacial score (nSPS) is 14.9. The summed E-state index contributed by atoms with van der Waals surface area (Å²) in [5.74, 6) is 0.630. The quantitative estimate of drug-likeness (QED) is 0.757. The van der Waals surface area contributed by atoms with E-state index >= 15 is 0 Å². The SMILES string of the molecule is CCCC(N)C(C)CCc1ccccc1. The lowest BCUT2D eigenvalue weighted by Gasteiger charge is -2.19. The van der Waals surface area contributed by atoms with E-state index in [1.807, 2.05) is 0 Å². The van der Waals surface area contributed by atoms with Gasteiger partial charge in [0.05, 0.1) is 0 Å². The van der Waals surface area contributed by atoms with Crippen LogP contribution in [0.1, 0.15) is 38.7 Å². The van der Waals surface area contributed by atoms with Crippen molar-refractivity contribution in [2.45, 2.75) is 45.6 Å². The molecule has 0 aliphatic heterocycles. The summed E-state index contributed by atoms with van der Waals surface area (Å²) in [5.41, 5.74) is 7.52. The molecule has 2 atom stereocenters. The Morgan fingerprint density at radius 1 is 1.13 bits per heavy atom. The summed E-state index contributed by atoms with van der Waals surface area (Å²) in [4.78, 5) is 0. The Labute approximate surface area is 93.7 Å². The summed E-state index contributed by atoms with van der Waals surface area (Å²) in [7, 11) is 0. The zero-order valence-electron chi connectivity index (χ0n) is 9.95. The number of benzene rings is 1. The summed E-state index contributed by atoms with van der Waals surface area (Å²) < 4.78 is 0. The van der Waals surface area contributed by atoms with E-state index in [1.165, 1.54) is 18.4 Å². The molecule has 1 heteroatoms. The molecule has 0 aliphatic carbocycles. The van der Waals surface area contributed by atoms with Crippen molar-refractivity contribution in [2.75, 3.05) is 0 Å². The van der Waals surface area contributed by atoms with Gasteiger partial charge in [0.1, 0.15) is 0 Å². The molecule has 0 spiro atoms. The third-order valence-electron chi connectivity index (χ3n) is 3.08. The third-order valence-corrected chi connectivity index (χ3v) is 3.08. The standard InChI is InChI=1S/C14H23N/c1-3-7-14(15)12(2)10-11-13-8-5-4-6-9-13/h4-6,8-9,12,14H,3,7,10-11,15H2,1-2H3. The molecule has 2 unspecified atom stereocenters. The largest absolute Gasteiger partial charge is 0.327 e. The van der Waals surface area contributed by atoms with Gasteiger partial charge in [0.25, 0.3) is 0 Å². The minimum absolute atomic E-state index is 0.374. The highest BCUT2D eigenvalue weighted by atomic mass is 14.6. The van der Waals surface area contributed by atoms with Crippen molar-refractivity contribution in [2.24, 2.45) is 11.7 Å². The lowest BCUT2D eigenvalue weighted by atomic mass is 9.92. The molecular weight excluding hydrogens is 182 g/mol. The van der Waals surface area contributed by atoms with Gasteiger partial charge in [-0.05, 0) is 30.7 Å². The van der Waals surface area contributed by atoms with E-state index in [9.17, 15) is 0 Å². The van der Waals surface area contributed by atoms with Crippen LogP contribution in [-0.2, 0) is 6.42 Å². The fraction of sp³-hybridized carbons (Fsp3) is 0.571. The van der Waals surface area contributed by atoms with Gasteiger partial charge in [-0.25, -0.2) is 0 Å². The van der Waals surface area contributed by atoms with E-state index in [1.54, 1.807) is 0 Å². The van der Waals surface area contributed by atoms with Crippen molar-refractivity contribution in [1.82, 2.24) is 0 Å². The zero-order valence-corrected chi connectivity index (χ0v) is 9.95. The smallest absolute Gasteiger partial charge is 0.00645 e. The molecule has 1 rings (SSSR count). The molecule has 2 N–H and O–H groups in total. The molecule has 0 aromatic heterocycles. The maximum Gasteiger partial charge on any atom is 0.00645 e. The van der Waals surface area contributed by atoms with Crippen LogP contribution in [0.25, 0.3) is 0 Å². The van der Waals surface area contributed by atoms with Gasteiger partial charge in [0.15, 0.2) is 0 Å². The lowest BCUT2D eigenvalue weighted by molar-refractivity contribution is 0.403. The summed E-state index contributed by atoms with van der Waals surface area (Å²) in [5, 5.41) is 0. The fourth-order valence-electron chi connectivity index (χ4n) is 1.87. The van der Waals surface area contributed by atoms with Crippen molar-refractivity contribution < 1.29 is 0 Å². The molecule has 15 heavy (non-hydrogen) atoms. The van der Waals surface area contributed by atoms with Crippen molar-refractivity contribution in [1.29, 1.82) is 0 Å². The van der Waals surface area contributed by atoms with Crippen LogP contribution in [0.2, 0.25) is 0 Å². The zero-order chi connectivity index (χ0) is 11.1. The second kappa shape index (κ2) is 6.62. The number of rotatable bonds is 6. The van der Waals surface area contributed by atoms with Crippen LogP contribution in [0.4, 0.5) is 0 Å². The lowest BCUT2D eigenvalue weighted by Crippen LogP contribution is -2.28. The van der Waals surface area contributed by atoms with Gasteiger partial charge in [0.2, 0.25) is 0 Å². The topological polar surface area (TPSA) is 26.0 Å². The second-order valence-corrected chi connectivity index (χ2v) is 4.45. The maximum absolute atomic E-state index is 6.09. The monoisotopic (exact) mass is 205 g/mol. The molecule has 0 saturated carbocycles. The molecular formula is C14H23N. The molecule has 0 bridgehead atoms. The Bertz CT molecular complexity index is 255. The maximum atomic E-state index is 6.09. The van der Waals surface area contributed by atoms with Crippen LogP contribution in [0.15, 0.2) is 30.3 Å².